The predicted molar refractivity (Wildman–Crippen MR) is 120 cm³/mol. The van der Waals surface area contributed by atoms with Gasteiger partial charge in [0.15, 0.2) is 5.96 Å². The molecule has 0 aromatic heterocycles. The molecule has 4 nitrogen and oxygen atoms in total. The fraction of sp³-hybridized carbons (Fsp3) is 0.381. The van der Waals surface area contributed by atoms with Gasteiger partial charge in [0.05, 0.1) is 0 Å². The van der Waals surface area contributed by atoms with Gasteiger partial charge in [0.25, 0.3) is 0 Å². The Labute approximate surface area is 173 Å². The summed E-state index contributed by atoms with van der Waals surface area (Å²) in [5, 5.41) is 3.20. The molecule has 0 saturated carbocycles. The van der Waals surface area contributed by atoms with Gasteiger partial charge in [-0.05, 0) is 36.0 Å². The third kappa shape index (κ3) is 6.61. The lowest BCUT2D eigenvalue weighted by molar-refractivity contribution is 0.252. The Kier molecular flexibility index (Phi) is 8.91. The zero-order chi connectivity index (χ0) is 17.3. The van der Waals surface area contributed by atoms with Crippen molar-refractivity contribution in [1.82, 2.24) is 10.2 Å². The first-order valence-corrected chi connectivity index (χ1v) is 9.18. The van der Waals surface area contributed by atoms with Crippen LogP contribution < -0.4 is 11.1 Å². The number of hydrogen-bond acceptors (Lipinski definition) is 2. The van der Waals surface area contributed by atoms with Crippen LogP contribution in [0.25, 0.3) is 0 Å². The number of benzene rings is 2. The molecule has 2 aromatic rings. The molecule has 3 rings (SSSR count). The van der Waals surface area contributed by atoms with Gasteiger partial charge >= 0.3 is 0 Å². The van der Waals surface area contributed by atoms with Crippen LogP contribution in [0.3, 0.4) is 0 Å². The summed E-state index contributed by atoms with van der Waals surface area (Å²) in [6.07, 6.45) is 3.16. The highest BCUT2D eigenvalue weighted by atomic mass is 127. The fourth-order valence-corrected chi connectivity index (χ4v) is 3.27. The van der Waals surface area contributed by atoms with E-state index in [9.17, 15) is 0 Å². The summed E-state index contributed by atoms with van der Waals surface area (Å²) in [7, 11) is 0. The number of halogens is 1. The van der Waals surface area contributed by atoms with Crippen LogP contribution >= 0.6 is 24.0 Å². The van der Waals surface area contributed by atoms with Crippen molar-refractivity contribution in [2.24, 2.45) is 10.7 Å². The Morgan fingerprint density at radius 3 is 2.58 bits per heavy atom. The number of guanidine groups is 1. The van der Waals surface area contributed by atoms with Gasteiger partial charge in [0.1, 0.15) is 0 Å². The van der Waals surface area contributed by atoms with Crippen molar-refractivity contribution in [1.29, 1.82) is 0 Å². The molecule has 3 N–H and O–H groups in total. The SMILES string of the molecule is I.NC(=NCCCN1CCc2ccccc2C1)NCCc1ccccc1. The highest BCUT2D eigenvalue weighted by molar-refractivity contribution is 14.0. The molecule has 1 heterocycles. The van der Waals surface area contributed by atoms with Gasteiger partial charge in [-0.1, -0.05) is 54.6 Å². The molecule has 0 radical (unpaired) electrons. The van der Waals surface area contributed by atoms with E-state index in [-0.39, 0.29) is 24.0 Å². The first-order valence-electron chi connectivity index (χ1n) is 9.18. The highest BCUT2D eigenvalue weighted by Crippen LogP contribution is 2.18. The molecule has 0 fully saturated rings. The first kappa shape index (κ1) is 20.7. The van der Waals surface area contributed by atoms with Gasteiger partial charge in [-0.3, -0.25) is 9.89 Å². The second-order valence-electron chi connectivity index (χ2n) is 6.58. The molecule has 5 heteroatoms. The summed E-state index contributed by atoms with van der Waals surface area (Å²) in [5.41, 5.74) is 10.2. The van der Waals surface area contributed by atoms with Crippen molar-refractivity contribution >= 4 is 29.9 Å². The summed E-state index contributed by atoms with van der Waals surface area (Å²) in [6, 6.07) is 19.2. The number of nitrogens with zero attached hydrogens (tertiary/aromatic N) is 2. The molecule has 0 aliphatic carbocycles. The van der Waals surface area contributed by atoms with Gasteiger partial charge in [-0.15, -0.1) is 24.0 Å². The second kappa shape index (κ2) is 11.2. The highest BCUT2D eigenvalue weighted by Gasteiger charge is 2.14. The van der Waals surface area contributed by atoms with E-state index in [0.717, 1.165) is 52.0 Å². The number of aliphatic imine (C=N–C) groups is 1. The molecular formula is C21H29IN4. The smallest absolute Gasteiger partial charge is 0.188 e. The predicted octanol–water partition coefficient (Wildman–Crippen LogP) is 3.20. The van der Waals surface area contributed by atoms with Crippen LogP contribution in [0.15, 0.2) is 59.6 Å². The van der Waals surface area contributed by atoms with Crippen LogP contribution in [0.2, 0.25) is 0 Å². The molecule has 0 atom stereocenters. The van der Waals surface area contributed by atoms with E-state index in [4.69, 9.17) is 5.73 Å². The second-order valence-corrected chi connectivity index (χ2v) is 6.58. The molecule has 0 saturated heterocycles. The Balaban J connectivity index is 0.00000243. The molecule has 0 bridgehead atoms. The maximum Gasteiger partial charge on any atom is 0.188 e. The van der Waals surface area contributed by atoms with Crippen molar-refractivity contribution in [3.63, 3.8) is 0 Å². The molecule has 0 unspecified atom stereocenters. The van der Waals surface area contributed by atoms with Crippen LogP contribution in [0.1, 0.15) is 23.1 Å². The Hall–Kier alpha value is -1.60. The fourth-order valence-electron chi connectivity index (χ4n) is 3.27. The van der Waals surface area contributed by atoms with Gasteiger partial charge in [0.2, 0.25) is 0 Å². The van der Waals surface area contributed by atoms with Crippen LogP contribution in [-0.4, -0.2) is 37.0 Å². The molecule has 1 aliphatic heterocycles. The van der Waals surface area contributed by atoms with Crippen LogP contribution in [-0.2, 0) is 19.4 Å². The van der Waals surface area contributed by atoms with Gasteiger partial charge in [-0.25, -0.2) is 0 Å². The summed E-state index contributed by atoms with van der Waals surface area (Å²) in [6.45, 7) is 4.88. The Morgan fingerprint density at radius 2 is 1.77 bits per heavy atom. The molecular weight excluding hydrogens is 435 g/mol. The summed E-state index contributed by atoms with van der Waals surface area (Å²) in [5.74, 6) is 0.555. The summed E-state index contributed by atoms with van der Waals surface area (Å²) < 4.78 is 0. The molecule has 2 aromatic carbocycles. The molecule has 140 valence electrons. The van der Waals surface area contributed by atoms with E-state index >= 15 is 0 Å². The monoisotopic (exact) mass is 464 g/mol. The summed E-state index contributed by atoms with van der Waals surface area (Å²) >= 11 is 0. The zero-order valence-electron chi connectivity index (χ0n) is 15.2. The lowest BCUT2D eigenvalue weighted by atomic mass is 10.00. The standard InChI is InChI=1S/C21H28N4.HI/c22-21(24-14-11-18-7-2-1-3-8-18)23-13-6-15-25-16-12-19-9-4-5-10-20(19)17-25;/h1-5,7-10H,6,11-17H2,(H3,22,23,24);1H. The van der Waals surface area contributed by atoms with Gasteiger partial charge in [0, 0.05) is 32.7 Å². The van der Waals surface area contributed by atoms with Gasteiger partial charge in [-0.2, -0.15) is 0 Å². The molecule has 0 spiro atoms. The normalized spacial score (nSPS) is 14.4. The number of rotatable bonds is 7. The summed E-state index contributed by atoms with van der Waals surface area (Å²) in [4.78, 5) is 6.95. The van der Waals surface area contributed by atoms with Crippen LogP contribution in [0.5, 0.6) is 0 Å². The molecule has 0 amide bonds. The van der Waals surface area contributed by atoms with E-state index < -0.39 is 0 Å². The lowest BCUT2D eigenvalue weighted by Crippen LogP contribution is -2.34. The van der Waals surface area contributed by atoms with E-state index in [1.807, 2.05) is 6.07 Å². The third-order valence-electron chi connectivity index (χ3n) is 4.69. The largest absolute Gasteiger partial charge is 0.370 e. The third-order valence-corrected chi connectivity index (χ3v) is 4.69. The average molecular weight is 464 g/mol. The van der Waals surface area contributed by atoms with Crippen molar-refractivity contribution in [3.8, 4) is 0 Å². The molecule has 26 heavy (non-hydrogen) atoms. The maximum atomic E-state index is 5.95. The van der Waals surface area contributed by atoms with E-state index in [2.05, 4.69) is 63.7 Å². The van der Waals surface area contributed by atoms with E-state index in [0.29, 0.717) is 5.96 Å². The van der Waals surface area contributed by atoms with E-state index in [1.54, 1.807) is 0 Å². The molecule has 1 aliphatic rings. The number of hydrogen-bond donors (Lipinski definition) is 2. The zero-order valence-corrected chi connectivity index (χ0v) is 17.6. The number of nitrogens with one attached hydrogen (secondary N) is 1. The first-order chi connectivity index (χ1) is 12.3. The number of nitrogens with two attached hydrogens (primary N) is 1. The van der Waals surface area contributed by atoms with Crippen LogP contribution in [0.4, 0.5) is 0 Å². The van der Waals surface area contributed by atoms with Crippen molar-refractivity contribution in [2.45, 2.75) is 25.8 Å². The minimum atomic E-state index is 0. The van der Waals surface area contributed by atoms with Crippen molar-refractivity contribution < 1.29 is 0 Å². The number of fused-ring (bicyclic) bond motifs is 1. The average Bonchev–Trinajstić information content (AvgIpc) is 2.66. The quantitative estimate of drug-likeness (QED) is 0.287. The lowest BCUT2D eigenvalue weighted by Gasteiger charge is -2.28. The topological polar surface area (TPSA) is 53.6 Å². The maximum absolute atomic E-state index is 5.95. The van der Waals surface area contributed by atoms with Crippen molar-refractivity contribution in [2.75, 3.05) is 26.2 Å². The van der Waals surface area contributed by atoms with Crippen LogP contribution in [0, 0.1) is 0 Å². The Morgan fingerprint density at radius 1 is 1.04 bits per heavy atom. The van der Waals surface area contributed by atoms with E-state index in [1.165, 1.54) is 16.7 Å². The Bertz CT molecular complexity index is 687. The van der Waals surface area contributed by atoms with Gasteiger partial charge < -0.3 is 11.1 Å². The minimum absolute atomic E-state index is 0. The minimum Gasteiger partial charge on any atom is -0.370 e. The van der Waals surface area contributed by atoms with Crippen molar-refractivity contribution in [3.05, 3.63) is 71.3 Å².